The Kier molecular flexibility index (Phi) is 3.06. The van der Waals surface area contributed by atoms with E-state index >= 15 is 0 Å². The van der Waals surface area contributed by atoms with Crippen molar-refractivity contribution in [2.75, 3.05) is 5.32 Å². The Morgan fingerprint density at radius 3 is 2.82 bits per heavy atom. The van der Waals surface area contributed by atoms with E-state index in [4.69, 9.17) is 0 Å². The quantitative estimate of drug-likeness (QED) is 0.854. The minimum absolute atomic E-state index is 0.00185. The highest BCUT2D eigenvalue weighted by Gasteiger charge is 2.14. The van der Waals surface area contributed by atoms with Gasteiger partial charge in [0.05, 0.1) is 5.69 Å². The van der Waals surface area contributed by atoms with E-state index in [2.05, 4.69) is 15.3 Å². The summed E-state index contributed by atoms with van der Waals surface area (Å²) in [6.07, 6.45) is 1.45. The maximum atomic E-state index is 11.8. The highest BCUT2D eigenvalue weighted by atomic mass is 32.1. The maximum absolute atomic E-state index is 11.8. The summed E-state index contributed by atoms with van der Waals surface area (Å²) in [6.45, 7) is 3.81. The standard InChI is InChI=1S/C11H11N3O2S/c1-6-7(2)17-11(13-6)14-10(16)9-8(15)4-3-5-12-9/h3-5,15H,1-2H3,(H,13,14,16). The number of aryl methyl sites for hydroxylation is 2. The van der Waals surface area contributed by atoms with Crippen LogP contribution in [0.25, 0.3) is 0 Å². The lowest BCUT2D eigenvalue weighted by molar-refractivity contribution is 0.101. The second-order valence-electron chi connectivity index (χ2n) is 3.49. The van der Waals surface area contributed by atoms with Crippen molar-refractivity contribution in [1.82, 2.24) is 9.97 Å². The summed E-state index contributed by atoms with van der Waals surface area (Å²) in [4.78, 5) is 20.8. The van der Waals surface area contributed by atoms with Crippen molar-refractivity contribution in [2.24, 2.45) is 0 Å². The zero-order valence-electron chi connectivity index (χ0n) is 9.39. The van der Waals surface area contributed by atoms with Crippen molar-refractivity contribution >= 4 is 22.4 Å². The number of nitrogens with zero attached hydrogens (tertiary/aromatic N) is 2. The van der Waals surface area contributed by atoms with Crippen LogP contribution in [0.5, 0.6) is 5.75 Å². The monoisotopic (exact) mass is 249 g/mol. The molecule has 0 radical (unpaired) electrons. The Bertz CT molecular complexity index is 546. The molecule has 0 aromatic carbocycles. The summed E-state index contributed by atoms with van der Waals surface area (Å²) in [7, 11) is 0. The van der Waals surface area contributed by atoms with Crippen molar-refractivity contribution in [2.45, 2.75) is 13.8 Å². The van der Waals surface area contributed by atoms with Crippen molar-refractivity contribution in [1.29, 1.82) is 0 Å². The van der Waals surface area contributed by atoms with Gasteiger partial charge in [0.15, 0.2) is 10.8 Å². The molecule has 0 unspecified atom stereocenters. The number of nitrogens with one attached hydrogen (secondary N) is 1. The van der Waals surface area contributed by atoms with Crippen LogP contribution in [0.2, 0.25) is 0 Å². The predicted octanol–water partition coefficient (Wildman–Crippen LogP) is 2.11. The van der Waals surface area contributed by atoms with Gasteiger partial charge in [-0.05, 0) is 26.0 Å². The summed E-state index contributed by atoms with van der Waals surface area (Å²) in [6, 6.07) is 2.98. The maximum Gasteiger partial charge on any atom is 0.279 e. The van der Waals surface area contributed by atoms with Crippen molar-refractivity contribution in [3.63, 3.8) is 0 Å². The fourth-order valence-corrected chi connectivity index (χ4v) is 2.06. The average Bonchev–Trinajstić information content (AvgIpc) is 2.58. The first kappa shape index (κ1) is 11.5. The van der Waals surface area contributed by atoms with Gasteiger partial charge in [0.2, 0.25) is 0 Å². The smallest absolute Gasteiger partial charge is 0.279 e. The molecule has 0 aliphatic carbocycles. The lowest BCUT2D eigenvalue weighted by atomic mass is 10.3. The third kappa shape index (κ3) is 2.42. The number of carbonyl (C=O) groups is 1. The Morgan fingerprint density at radius 1 is 1.47 bits per heavy atom. The van der Waals surface area contributed by atoms with E-state index in [1.807, 2.05) is 13.8 Å². The van der Waals surface area contributed by atoms with E-state index in [9.17, 15) is 9.90 Å². The predicted molar refractivity (Wildman–Crippen MR) is 65.4 cm³/mol. The van der Waals surface area contributed by atoms with Gasteiger partial charge in [-0.3, -0.25) is 10.1 Å². The number of pyridine rings is 1. The minimum Gasteiger partial charge on any atom is -0.505 e. The van der Waals surface area contributed by atoms with Gasteiger partial charge in [-0.1, -0.05) is 0 Å². The molecule has 0 aliphatic heterocycles. The number of aromatic nitrogens is 2. The first-order chi connectivity index (χ1) is 8.08. The van der Waals surface area contributed by atoms with Crippen molar-refractivity contribution in [3.8, 4) is 5.75 Å². The van der Waals surface area contributed by atoms with E-state index < -0.39 is 5.91 Å². The molecule has 2 rings (SSSR count). The van der Waals surface area contributed by atoms with Crippen LogP contribution in [0.1, 0.15) is 21.1 Å². The molecule has 2 heterocycles. The third-order valence-electron chi connectivity index (χ3n) is 2.25. The number of aromatic hydroxyl groups is 1. The number of carbonyl (C=O) groups excluding carboxylic acids is 1. The van der Waals surface area contributed by atoms with Crippen LogP contribution in [-0.2, 0) is 0 Å². The van der Waals surface area contributed by atoms with E-state index in [0.717, 1.165) is 10.6 Å². The molecule has 0 saturated carbocycles. The van der Waals surface area contributed by atoms with Gasteiger partial charge in [-0.25, -0.2) is 9.97 Å². The molecule has 2 aromatic heterocycles. The van der Waals surface area contributed by atoms with Gasteiger partial charge < -0.3 is 5.11 Å². The molecule has 0 spiro atoms. The second-order valence-corrected chi connectivity index (χ2v) is 4.69. The number of hydrogen-bond acceptors (Lipinski definition) is 5. The summed E-state index contributed by atoms with van der Waals surface area (Å²) >= 11 is 1.39. The zero-order valence-corrected chi connectivity index (χ0v) is 10.2. The number of amides is 1. The molecular weight excluding hydrogens is 238 g/mol. The largest absolute Gasteiger partial charge is 0.505 e. The Morgan fingerprint density at radius 2 is 2.24 bits per heavy atom. The molecule has 0 bridgehead atoms. The van der Waals surface area contributed by atoms with Gasteiger partial charge in [0.1, 0.15) is 5.75 Å². The molecule has 1 amide bonds. The van der Waals surface area contributed by atoms with Crippen LogP contribution in [0.4, 0.5) is 5.13 Å². The number of anilines is 1. The van der Waals surface area contributed by atoms with E-state index in [-0.39, 0.29) is 11.4 Å². The van der Waals surface area contributed by atoms with Crippen LogP contribution >= 0.6 is 11.3 Å². The average molecular weight is 249 g/mol. The van der Waals surface area contributed by atoms with Crippen molar-refractivity contribution < 1.29 is 9.90 Å². The summed E-state index contributed by atoms with van der Waals surface area (Å²) in [5.41, 5.74) is 0.883. The second kappa shape index (κ2) is 4.50. The fraction of sp³-hybridized carbons (Fsp3) is 0.182. The van der Waals surface area contributed by atoms with Crippen LogP contribution in [0.15, 0.2) is 18.3 Å². The van der Waals surface area contributed by atoms with Crippen LogP contribution in [0.3, 0.4) is 0 Å². The Balaban J connectivity index is 2.20. The number of rotatable bonds is 2. The lowest BCUT2D eigenvalue weighted by Crippen LogP contribution is -2.13. The molecule has 0 aliphatic rings. The lowest BCUT2D eigenvalue weighted by Gasteiger charge is -2.02. The molecule has 0 saturated heterocycles. The molecular formula is C11H11N3O2S. The Hall–Kier alpha value is -1.95. The first-order valence-electron chi connectivity index (χ1n) is 4.97. The topological polar surface area (TPSA) is 75.1 Å². The van der Waals surface area contributed by atoms with Crippen molar-refractivity contribution in [3.05, 3.63) is 34.6 Å². The highest BCUT2D eigenvalue weighted by Crippen LogP contribution is 2.22. The molecule has 2 N–H and O–H groups in total. The molecule has 2 aromatic rings. The third-order valence-corrected chi connectivity index (χ3v) is 3.24. The minimum atomic E-state index is -0.461. The first-order valence-corrected chi connectivity index (χ1v) is 5.79. The van der Waals surface area contributed by atoms with Crippen LogP contribution in [0, 0.1) is 13.8 Å². The summed E-state index contributed by atoms with van der Waals surface area (Å²) in [5.74, 6) is -0.605. The van der Waals surface area contributed by atoms with E-state index in [1.165, 1.54) is 23.6 Å². The van der Waals surface area contributed by atoms with Crippen LogP contribution < -0.4 is 5.32 Å². The molecule has 0 fully saturated rings. The van der Waals surface area contributed by atoms with Crippen LogP contribution in [-0.4, -0.2) is 21.0 Å². The van der Waals surface area contributed by atoms with E-state index in [0.29, 0.717) is 5.13 Å². The SMILES string of the molecule is Cc1nc(NC(=O)c2ncccc2O)sc1C. The summed E-state index contributed by atoms with van der Waals surface area (Å²) < 4.78 is 0. The highest BCUT2D eigenvalue weighted by molar-refractivity contribution is 7.15. The molecule has 6 heteroatoms. The normalized spacial score (nSPS) is 10.2. The molecule has 0 atom stereocenters. The molecule has 5 nitrogen and oxygen atoms in total. The Labute approximate surface area is 102 Å². The van der Waals surface area contributed by atoms with Gasteiger partial charge in [-0.2, -0.15) is 0 Å². The molecule has 88 valence electrons. The molecule has 17 heavy (non-hydrogen) atoms. The summed E-state index contributed by atoms with van der Waals surface area (Å²) in [5, 5.41) is 12.6. The zero-order chi connectivity index (χ0) is 12.4. The van der Waals surface area contributed by atoms with E-state index in [1.54, 1.807) is 6.07 Å². The fourth-order valence-electron chi connectivity index (χ4n) is 1.25. The number of hydrogen-bond donors (Lipinski definition) is 2. The van der Waals surface area contributed by atoms with Gasteiger partial charge in [0.25, 0.3) is 5.91 Å². The van der Waals surface area contributed by atoms with Gasteiger partial charge >= 0.3 is 0 Å². The van der Waals surface area contributed by atoms with Gasteiger partial charge in [-0.15, -0.1) is 11.3 Å². The van der Waals surface area contributed by atoms with Gasteiger partial charge in [0, 0.05) is 11.1 Å². The number of thiazole rings is 1.